The van der Waals surface area contributed by atoms with Gasteiger partial charge in [-0.1, -0.05) is 77.0 Å². The van der Waals surface area contributed by atoms with E-state index in [4.69, 9.17) is 10.2 Å². The predicted octanol–water partition coefficient (Wildman–Crippen LogP) is 5.97. The Balaban J connectivity index is 3.30. The molecule has 2 amide bonds. The lowest BCUT2D eigenvalue weighted by atomic mass is 10.1. The molecular formula is C28H52N2O6. The van der Waals surface area contributed by atoms with E-state index in [0.717, 1.165) is 116 Å². The minimum atomic E-state index is -0.714. The minimum absolute atomic E-state index is 0.105. The molecule has 210 valence electrons. The van der Waals surface area contributed by atoms with E-state index in [1.807, 2.05) is 0 Å². The molecule has 0 unspecified atom stereocenters. The summed E-state index contributed by atoms with van der Waals surface area (Å²) in [6.07, 6.45) is 19.9. The molecule has 0 saturated heterocycles. The van der Waals surface area contributed by atoms with Crippen LogP contribution in [-0.4, -0.2) is 47.1 Å². The van der Waals surface area contributed by atoms with E-state index < -0.39 is 11.9 Å². The van der Waals surface area contributed by atoms with Crippen molar-refractivity contribution in [2.24, 2.45) is 0 Å². The summed E-state index contributed by atoms with van der Waals surface area (Å²) in [5.74, 6) is -1.22. The van der Waals surface area contributed by atoms with Crippen molar-refractivity contribution in [3.8, 4) is 0 Å². The van der Waals surface area contributed by atoms with E-state index >= 15 is 0 Å². The summed E-state index contributed by atoms with van der Waals surface area (Å²) in [5.41, 5.74) is 0. The van der Waals surface area contributed by atoms with Crippen LogP contribution in [0.4, 0.5) is 0 Å². The van der Waals surface area contributed by atoms with Gasteiger partial charge in [-0.2, -0.15) is 0 Å². The molecule has 8 nitrogen and oxygen atoms in total. The molecule has 0 heterocycles. The molecular weight excluding hydrogens is 460 g/mol. The third-order valence-corrected chi connectivity index (χ3v) is 6.34. The van der Waals surface area contributed by atoms with Crippen LogP contribution in [0.25, 0.3) is 0 Å². The van der Waals surface area contributed by atoms with Crippen LogP contribution in [0.3, 0.4) is 0 Å². The summed E-state index contributed by atoms with van der Waals surface area (Å²) in [5, 5.41) is 23.1. The number of carboxylic acid groups (broad SMARTS) is 2. The highest BCUT2D eigenvalue weighted by molar-refractivity contribution is 5.76. The highest BCUT2D eigenvalue weighted by Crippen LogP contribution is 2.11. The third-order valence-electron chi connectivity index (χ3n) is 6.34. The van der Waals surface area contributed by atoms with E-state index in [0.29, 0.717) is 25.9 Å². The maximum atomic E-state index is 11.9. The van der Waals surface area contributed by atoms with Crippen LogP contribution in [0.1, 0.15) is 141 Å². The Kier molecular flexibility index (Phi) is 24.4. The van der Waals surface area contributed by atoms with Crippen LogP contribution in [-0.2, 0) is 19.2 Å². The van der Waals surface area contributed by atoms with Crippen molar-refractivity contribution in [3.05, 3.63) is 0 Å². The maximum Gasteiger partial charge on any atom is 0.303 e. The minimum Gasteiger partial charge on any atom is -0.481 e. The van der Waals surface area contributed by atoms with Gasteiger partial charge in [-0.25, -0.2) is 0 Å². The average Bonchev–Trinajstić information content (AvgIpc) is 2.83. The molecule has 36 heavy (non-hydrogen) atoms. The summed E-state index contributed by atoms with van der Waals surface area (Å²) >= 11 is 0. The van der Waals surface area contributed by atoms with Crippen molar-refractivity contribution in [1.82, 2.24) is 10.6 Å². The van der Waals surface area contributed by atoms with Crippen molar-refractivity contribution in [2.75, 3.05) is 13.1 Å². The zero-order valence-electron chi connectivity index (χ0n) is 22.5. The number of carbonyl (C=O) groups excluding carboxylic acids is 2. The number of carbonyl (C=O) groups is 4. The summed E-state index contributed by atoms with van der Waals surface area (Å²) < 4.78 is 0. The first kappa shape index (κ1) is 33.9. The molecule has 0 fully saturated rings. The van der Waals surface area contributed by atoms with Crippen molar-refractivity contribution in [3.63, 3.8) is 0 Å². The second kappa shape index (κ2) is 26.0. The second-order valence-corrected chi connectivity index (χ2v) is 9.85. The first-order valence-electron chi connectivity index (χ1n) is 14.4. The van der Waals surface area contributed by atoms with E-state index in [-0.39, 0.29) is 24.7 Å². The fourth-order valence-electron chi connectivity index (χ4n) is 4.13. The number of nitrogens with one attached hydrogen (secondary N) is 2. The fourth-order valence-corrected chi connectivity index (χ4v) is 4.13. The summed E-state index contributed by atoms with van der Waals surface area (Å²) in [4.78, 5) is 44.6. The van der Waals surface area contributed by atoms with Gasteiger partial charge >= 0.3 is 11.9 Å². The fraction of sp³-hybridized carbons (Fsp3) is 0.857. The largest absolute Gasteiger partial charge is 0.481 e. The first-order valence-corrected chi connectivity index (χ1v) is 14.4. The standard InChI is InChI=1S/C28H52N2O6/c31-25(19-13-9-5-1-3-7-11-15-21-27(33)34)29-23-17-18-24-30-26(32)20-14-10-6-2-4-8-12-16-22-28(35)36/h1-24H2,(H,29,31)(H,30,32)(H,33,34)(H,35,36). The Hall–Kier alpha value is -2.12. The monoisotopic (exact) mass is 512 g/mol. The lowest BCUT2D eigenvalue weighted by Crippen LogP contribution is -2.27. The Bertz CT molecular complexity index is 532. The zero-order chi connectivity index (χ0) is 26.7. The summed E-state index contributed by atoms with van der Waals surface area (Å²) in [7, 11) is 0. The topological polar surface area (TPSA) is 133 Å². The number of carboxylic acids is 2. The Labute approximate surface area is 218 Å². The molecule has 0 spiro atoms. The quantitative estimate of drug-likeness (QED) is 0.100. The van der Waals surface area contributed by atoms with Gasteiger partial charge in [0.15, 0.2) is 0 Å². The lowest BCUT2D eigenvalue weighted by Gasteiger charge is -2.07. The van der Waals surface area contributed by atoms with Gasteiger partial charge in [0.25, 0.3) is 0 Å². The van der Waals surface area contributed by atoms with Crippen LogP contribution in [0, 0.1) is 0 Å². The van der Waals surface area contributed by atoms with E-state index in [2.05, 4.69) is 10.6 Å². The third kappa shape index (κ3) is 28.1. The molecule has 0 saturated carbocycles. The Morgan fingerprint density at radius 1 is 0.361 bits per heavy atom. The van der Waals surface area contributed by atoms with Gasteiger partial charge < -0.3 is 20.8 Å². The lowest BCUT2D eigenvalue weighted by molar-refractivity contribution is -0.138. The van der Waals surface area contributed by atoms with E-state index in [1.165, 1.54) is 0 Å². The highest BCUT2D eigenvalue weighted by atomic mass is 16.4. The van der Waals surface area contributed by atoms with Gasteiger partial charge in [-0.3, -0.25) is 19.2 Å². The normalized spacial score (nSPS) is 10.8. The molecule has 0 aliphatic rings. The van der Waals surface area contributed by atoms with Crippen molar-refractivity contribution < 1.29 is 29.4 Å². The molecule has 0 aliphatic carbocycles. The number of hydrogen-bond donors (Lipinski definition) is 4. The van der Waals surface area contributed by atoms with E-state index in [9.17, 15) is 19.2 Å². The van der Waals surface area contributed by atoms with Gasteiger partial charge in [-0.15, -0.1) is 0 Å². The van der Waals surface area contributed by atoms with Gasteiger partial charge in [0.05, 0.1) is 0 Å². The number of rotatable bonds is 27. The van der Waals surface area contributed by atoms with Crippen LogP contribution in [0.5, 0.6) is 0 Å². The SMILES string of the molecule is O=C(O)CCCCCCCCCCC(=O)NCCCCNC(=O)CCCCCCCCCCC(=O)O. The van der Waals surface area contributed by atoms with Crippen molar-refractivity contribution >= 4 is 23.8 Å². The zero-order valence-corrected chi connectivity index (χ0v) is 22.5. The van der Waals surface area contributed by atoms with Crippen LogP contribution in [0.2, 0.25) is 0 Å². The number of aliphatic carboxylic acids is 2. The van der Waals surface area contributed by atoms with Crippen LogP contribution >= 0.6 is 0 Å². The second-order valence-electron chi connectivity index (χ2n) is 9.85. The van der Waals surface area contributed by atoms with E-state index in [1.54, 1.807) is 0 Å². The molecule has 8 heteroatoms. The van der Waals surface area contributed by atoms with Gasteiger partial charge in [0.2, 0.25) is 11.8 Å². The summed E-state index contributed by atoms with van der Waals surface area (Å²) in [6, 6.07) is 0. The van der Waals surface area contributed by atoms with Gasteiger partial charge in [0, 0.05) is 38.8 Å². The first-order chi connectivity index (χ1) is 17.4. The Morgan fingerprint density at radius 3 is 0.889 bits per heavy atom. The molecule has 0 atom stereocenters. The highest BCUT2D eigenvalue weighted by Gasteiger charge is 2.03. The molecule has 4 N–H and O–H groups in total. The Morgan fingerprint density at radius 2 is 0.611 bits per heavy atom. The number of hydrogen-bond acceptors (Lipinski definition) is 4. The maximum absolute atomic E-state index is 11.9. The number of unbranched alkanes of at least 4 members (excludes halogenated alkanes) is 15. The molecule has 0 radical (unpaired) electrons. The molecule has 0 aromatic carbocycles. The number of amides is 2. The summed E-state index contributed by atoms with van der Waals surface area (Å²) in [6.45, 7) is 1.31. The van der Waals surface area contributed by atoms with Crippen LogP contribution < -0.4 is 10.6 Å². The molecule has 0 rings (SSSR count). The van der Waals surface area contributed by atoms with Crippen LogP contribution in [0.15, 0.2) is 0 Å². The van der Waals surface area contributed by atoms with Gasteiger partial charge in [-0.05, 0) is 38.5 Å². The molecule has 0 aromatic rings. The average molecular weight is 513 g/mol. The van der Waals surface area contributed by atoms with Gasteiger partial charge in [0.1, 0.15) is 0 Å². The molecule has 0 bridgehead atoms. The molecule has 0 aromatic heterocycles. The smallest absolute Gasteiger partial charge is 0.303 e. The van der Waals surface area contributed by atoms with Crippen molar-refractivity contribution in [1.29, 1.82) is 0 Å². The predicted molar refractivity (Wildman–Crippen MR) is 143 cm³/mol. The van der Waals surface area contributed by atoms with Crippen molar-refractivity contribution in [2.45, 2.75) is 141 Å². The molecule has 0 aliphatic heterocycles.